The van der Waals surface area contributed by atoms with E-state index in [4.69, 9.17) is 5.11 Å². The Hall–Kier alpha value is -0.570. The van der Waals surface area contributed by atoms with E-state index in [1.54, 1.807) is 0 Å². The molecule has 4 unspecified atom stereocenters. The minimum Gasteiger partial charge on any atom is -0.396 e. The first-order valence-electron chi connectivity index (χ1n) is 7.33. The molecule has 2 N–H and O–H groups in total. The zero-order valence-corrected chi connectivity index (χ0v) is 11.9. The Morgan fingerprint density at radius 1 is 1.33 bits per heavy atom. The first kappa shape index (κ1) is 13.9. The molecule has 104 valence electrons. The molecular weight excluding hydrogens is 226 g/mol. The van der Waals surface area contributed by atoms with Crippen LogP contribution in [0.1, 0.15) is 52.9 Å². The molecule has 0 aromatic carbocycles. The van der Waals surface area contributed by atoms with Crippen molar-refractivity contribution in [2.75, 3.05) is 6.61 Å². The number of fused-ring (bicyclic) bond motifs is 2. The minimum atomic E-state index is 0.00993. The van der Waals surface area contributed by atoms with Crippen molar-refractivity contribution in [3.8, 4) is 0 Å². The van der Waals surface area contributed by atoms with Gasteiger partial charge in [-0.05, 0) is 42.9 Å². The Balaban J connectivity index is 1.93. The van der Waals surface area contributed by atoms with E-state index in [-0.39, 0.29) is 29.9 Å². The van der Waals surface area contributed by atoms with E-state index in [0.29, 0.717) is 12.3 Å². The highest BCUT2D eigenvalue weighted by atomic mass is 16.3. The number of carbonyl (C=O) groups excluding carboxylic acids is 1. The quantitative estimate of drug-likeness (QED) is 0.808. The predicted molar refractivity (Wildman–Crippen MR) is 72.0 cm³/mol. The normalized spacial score (nSPS) is 32.6. The number of hydrogen-bond acceptors (Lipinski definition) is 2. The summed E-state index contributed by atoms with van der Waals surface area (Å²) in [5, 5.41) is 12.3. The molecule has 2 aliphatic carbocycles. The molecule has 2 aliphatic rings. The van der Waals surface area contributed by atoms with Gasteiger partial charge in [0.25, 0.3) is 0 Å². The molecule has 0 spiro atoms. The standard InChI is InChI=1S/C15H27NO2/c1-15(2,3)13(6-7-17)16-14(18)12-9-10-4-5-11(12)8-10/h10-13,17H,4-9H2,1-3H3,(H,16,18). The molecule has 3 heteroatoms. The molecule has 2 saturated carbocycles. The molecule has 18 heavy (non-hydrogen) atoms. The van der Waals surface area contributed by atoms with Crippen molar-refractivity contribution >= 4 is 5.91 Å². The van der Waals surface area contributed by atoms with Crippen LogP contribution in [-0.2, 0) is 4.79 Å². The number of rotatable bonds is 4. The fourth-order valence-electron chi connectivity index (χ4n) is 3.70. The van der Waals surface area contributed by atoms with Crippen LogP contribution in [0.3, 0.4) is 0 Å². The number of aliphatic hydroxyl groups is 1. The number of carbonyl (C=O) groups is 1. The molecule has 2 bridgehead atoms. The van der Waals surface area contributed by atoms with Gasteiger partial charge >= 0.3 is 0 Å². The van der Waals surface area contributed by atoms with Crippen LogP contribution in [0.5, 0.6) is 0 Å². The third-order valence-electron chi connectivity index (χ3n) is 4.85. The zero-order valence-electron chi connectivity index (χ0n) is 11.9. The highest BCUT2D eigenvalue weighted by Crippen LogP contribution is 2.48. The Bertz CT molecular complexity index is 308. The van der Waals surface area contributed by atoms with Gasteiger partial charge < -0.3 is 10.4 Å². The summed E-state index contributed by atoms with van der Waals surface area (Å²) >= 11 is 0. The van der Waals surface area contributed by atoms with E-state index >= 15 is 0 Å². The van der Waals surface area contributed by atoms with Crippen molar-refractivity contribution in [2.45, 2.75) is 58.9 Å². The fraction of sp³-hybridized carbons (Fsp3) is 0.933. The fourth-order valence-corrected chi connectivity index (χ4v) is 3.70. The third kappa shape index (κ3) is 2.87. The second-order valence-electron chi connectivity index (χ2n) is 7.22. The predicted octanol–water partition coefficient (Wildman–Crippen LogP) is 2.34. The van der Waals surface area contributed by atoms with E-state index < -0.39 is 0 Å². The van der Waals surface area contributed by atoms with Crippen molar-refractivity contribution in [1.29, 1.82) is 0 Å². The van der Waals surface area contributed by atoms with Crippen LogP contribution in [-0.4, -0.2) is 23.7 Å². The molecule has 2 rings (SSSR count). The number of amides is 1. The van der Waals surface area contributed by atoms with Gasteiger partial charge in [-0.1, -0.05) is 27.2 Å². The molecule has 0 saturated heterocycles. The lowest BCUT2D eigenvalue weighted by Crippen LogP contribution is -2.47. The summed E-state index contributed by atoms with van der Waals surface area (Å²) in [4.78, 5) is 12.4. The van der Waals surface area contributed by atoms with Gasteiger partial charge in [0.05, 0.1) is 0 Å². The van der Waals surface area contributed by atoms with Gasteiger partial charge in [-0.15, -0.1) is 0 Å². The summed E-state index contributed by atoms with van der Waals surface area (Å²) in [5.41, 5.74) is 0.00993. The smallest absolute Gasteiger partial charge is 0.223 e. The minimum absolute atomic E-state index is 0.00993. The van der Waals surface area contributed by atoms with Crippen LogP contribution in [0, 0.1) is 23.2 Å². The largest absolute Gasteiger partial charge is 0.396 e. The Labute approximate surface area is 110 Å². The molecule has 0 radical (unpaired) electrons. The van der Waals surface area contributed by atoms with Crippen LogP contribution in [0.25, 0.3) is 0 Å². The highest BCUT2D eigenvalue weighted by Gasteiger charge is 2.43. The molecular formula is C15H27NO2. The van der Waals surface area contributed by atoms with Gasteiger partial charge in [0.2, 0.25) is 5.91 Å². The Morgan fingerprint density at radius 3 is 2.50 bits per heavy atom. The van der Waals surface area contributed by atoms with Crippen LogP contribution in [0.4, 0.5) is 0 Å². The second-order valence-corrected chi connectivity index (χ2v) is 7.22. The van der Waals surface area contributed by atoms with Crippen LogP contribution < -0.4 is 5.32 Å². The van der Waals surface area contributed by atoms with Crippen LogP contribution in [0.2, 0.25) is 0 Å². The monoisotopic (exact) mass is 253 g/mol. The van der Waals surface area contributed by atoms with Gasteiger partial charge in [-0.3, -0.25) is 4.79 Å². The van der Waals surface area contributed by atoms with Crippen molar-refractivity contribution in [1.82, 2.24) is 5.32 Å². The molecule has 0 aromatic rings. The first-order valence-corrected chi connectivity index (χ1v) is 7.33. The summed E-state index contributed by atoms with van der Waals surface area (Å²) in [5.74, 6) is 1.91. The van der Waals surface area contributed by atoms with E-state index in [2.05, 4.69) is 26.1 Å². The SMILES string of the molecule is CC(C)(C)C(CCO)NC(=O)C1CC2CCC1C2. The van der Waals surface area contributed by atoms with Crippen LogP contribution >= 0.6 is 0 Å². The first-order chi connectivity index (χ1) is 8.41. The van der Waals surface area contributed by atoms with Crippen molar-refractivity contribution in [3.63, 3.8) is 0 Å². The Morgan fingerprint density at radius 2 is 2.06 bits per heavy atom. The second kappa shape index (κ2) is 5.20. The average molecular weight is 253 g/mol. The molecule has 2 fully saturated rings. The van der Waals surface area contributed by atoms with Gasteiger partial charge in [-0.25, -0.2) is 0 Å². The molecule has 1 amide bonds. The maximum absolute atomic E-state index is 12.4. The van der Waals surface area contributed by atoms with Gasteiger partial charge in [-0.2, -0.15) is 0 Å². The number of nitrogens with one attached hydrogen (secondary N) is 1. The Kier molecular flexibility index (Phi) is 4.00. The summed E-state index contributed by atoms with van der Waals surface area (Å²) in [6.45, 7) is 6.50. The van der Waals surface area contributed by atoms with E-state index in [0.717, 1.165) is 12.3 Å². The van der Waals surface area contributed by atoms with Gasteiger partial charge in [0, 0.05) is 18.6 Å². The van der Waals surface area contributed by atoms with Gasteiger partial charge in [0.15, 0.2) is 0 Å². The maximum atomic E-state index is 12.4. The number of hydrogen-bond donors (Lipinski definition) is 2. The molecule has 0 aromatic heterocycles. The van der Waals surface area contributed by atoms with Crippen LogP contribution in [0.15, 0.2) is 0 Å². The average Bonchev–Trinajstić information content (AvgIpc) is 2.88. The number of aliphatic hydroxyl groups excluding tert-OH is 1. The lowest BCUT2D eigenvalue weighted by molar-refractivity contribution is -0.128. The maximum Gasteiger partial charge on any atom is 0.223 e. The molecule has 0 heterocycles. The summed E-state index contributed by atoms with van der Waals surface area (Å²) < 4.78 is 0. The lowest BCUT2D eigenvalue weighted by atomic mass is 9.83. The van der Waals surface area contributed by atoms with Gasteiger partial charge in [0.1, 0.15) is 0 Å². The van der Waals surface area contributed by atoms with E-state index in [1.165, 1.54) is 19.3 Å². The van der Waals surface area contributed by atoms with E-state index in [1.807, 2.05) is 0 Å². The summed E-state index contributed by atoms with van der Waals surface area (Å²) in [7, 11) is 0. The topological polar surface area (TPSA) is 49.3 Å². The summed E-state index contributed by atoms with van der Waals surface area (Å²) in [6.07, 6.45) is 5.57. The highest BCUT2D eigenvalue weighted by molar-refractivity contribution is 5.79. The third-order valence-corrected chi connectivity index (χ3v) is 4.85. The lowest BCUT2D eigenvalue weighted by Gasteiger charge is -2.33. The molecule has 4 atom stereocenters. The zero-order chi connectivity index (χ0) is 13.3. The summed E-state index contributed by atoms with van der Waals surface area (Å²) in [6, 6.07) is 0.0779. The molecule has 0 aliphatic heterocycles. The van der Waals surface area contributed by atoms with Crippen molar-refractivity contribution in [2.24, 2.45) is 23.2 Å². The molecule has 3 nitrogen and oxygen atoms in total. The van der Waals surface area contributed by atoms with E-state index in [9.17, 15) is 4.79 Å². The van der Waals surface area contributed by atoms with Crippen molar-refractivity contribution < 1.29 is 9.90 Å². The van der Waals surface area contributed by atoms with Crippen molar-refractivity contribution in [3.05, 3.63) is 0 Å².